The van der Waals surface area contributed by atoms with Crippen molar-refractivity contribution >= 4 is 21.6 Å². The predicted octanol–water partition coefficient (Wildman–Crippen LogP) is 2.24. The van der Waals surface area contributed by atoms with Gasteiger partial charge in [-0.3, -0.25) is 14.9 Å². The molecule has 0 N–H and O–H groups in total. The second kappa shape index (κ2) is 8.52. The summed E-state index contributed by atoms with van der Waals surface area (Å²) in [6.07, 6.45) is 1.60. The van der Waals surface area contributed by atoms with Gasteiger partial charge in [0.05, 0.1) is 15.5 Å². The number of benzene rings is 2. The molecule has 11 heteroatoms. The van der Waals surface area contributed by atoms with Crippen molar-refractivity contribution in [1.29, 1.82) is 0 Å². The van der Waals surface area contributed by atoms with Crippen LogP contribution in [0.4, 0.5) is 5.69 Å². The van der Waals surface area contributed by atoms with Crippen LogP contribution < -0.4 is 0 Å². The topological polar surface area (TPSA) is 119 Å². The zero-order valence-corrected chi connectivity index (χ0v) is 18.1. The molecular weight excluding hydrogens is 434 g/mol. The summed E-state index contributed by atoms with van der Waals surface area (Å²) in [6, 6.07) is 14.1. The molecule has 0 spiro atoms. The maximum atomic E-state index is 12.8. The Hall–Kier alpha value is -3.57. The van der Waals surface area contributed by atoms with E-state index in [2.05, 4.69) is 5.10 Å². The molecule has 1 amide bonds. The monoisotopic (exact) mass is 455 g/mol. The van der Waals surface area contributed by atoms with Gasteiger partial charge in [-0.25, -0.2) is 13.1 Å². The summed E-state index contributed by atoms with van der Waals surface area (Å²) in [5.74, 6) is -0.293. The molecule has 1 fully saturated rings. The number of piperazine rings is 1. The zero-order valence-electron chi connectivity index (χ0n) is 17.3. The summed E-state index contributed by atoms with van der Waals surface area (Å²) in [6.45, 7) is 2.81. The van der Waals surface area contributed by atoms with Crippen molar-refractivity contribution in [3.63, 3.8) is 0 Å². The highest BCUT2D eigenvalue weighted by Crippen LogP contribution is 2.19. The average molecular weight is 455 g/mol. The Bertz CT molecular complexity index is 1240. The summed E-state index contributed by atoms with van der Waals surface area (Å²) in [4.78, 5) is 25.0. The van der Waals surface area contributed by atoms with Crippen LogP contribution in [0.15, 0.2) is 65.7 Å². The molecule has 0 unspecified atom stereocenters. The summed E-state index contributed by atoms with van der Waals surface area (Å²) in [5.41, 5.74) is 1.75. The SMILES string of the molecule is Cc1ccc(S(=O)(=O)N2CCN(C(=O)c3ccn(-c4ccc([N+](=O)[O-])cc4)n3)CC2)cc1. The van der Waals surface area contributed by atoms with Crippen LogP contribution in [0.2, 0.25) is 0 Å². The minimum atomic E-state index is -3.61. The van der Waals surface area contributed by atoms with Crippen molar-refractivity contribution < 1.29 is 18.1 Å². The van der Waals surface area contributed by atoms with E-state index in [4.69, 9.17) is 0 Å². The number of carbonyl (C=O) groups excluding carboxylic acids is 1. The fourth-order valence-electron chi connectivity index (χ4n) is 3.46. The number of hydrogen-bond acceptors (Lipinski definition) is 6. The minimum absolute atomic E-state index is 0.0318. The van der Waals surface area contributed by atoms with Gasteiger partial charge in [0.1, 0.15) is 0 Å². The lowest BCUT2D eigenvalue weighted by Gasteiger charge is -2.33. The number of nitrogens with zero attached hydrogens (tertiary/aromatic N) is 5. The molecule has 166 valence electrons. The van der Waals surface area contributed by atoms with Gasteiger partial charge in [-0.05, 0) is 37.3 Å². The molecule has 1 aliphatic heterocycles. The number of non-ortho nitro benzene ring substituents is 1. The Morgan fingerprint density at radius 1 is 0.969 bits per heavy atom. The van der Waals surface area contributed by atoms with Gasteiger partial charge in [0.2, 0.25) is 10.0 Å². The predicted molar refractivity (Wildman–Crippen MR) is 116 cm³/mol. The molecule has 0 radical (unpaired) electrons. The second-order valence-electron chi connectivity index (χ2n) is 7.43. The number of aryl methyl sites for hydroxylation is 1. The third kappa shape index (κ3) is 4.25. The molecule has 4 rings (SSSR count). The number of nitro benzene ring substituents is 1. The molecule has 3 aromatic rings. The first-order chi connectivity index (χ1) is 15.3. The van der Waals surface area contributed by atoms with Crippen LogP contribution in [0.1, 0.15) is 16.1 Å². The van der Waals surface area contributed by atoms with Gasteiger partial charge in [0.15, 0.2) is 5.69 Å². The summed E-state index contributed by atoms with van der Waals surface area (Å²) in [5, 5.41) is 15.1. The highest BCUT2D eigenvalue weighted by molar-refractivity contribution is 7.89. The van der Waals surface area contributed by atoms with Gasteiger partial charge in [-0.2, -0.15) is 9.40 Å². The number of rotatable bonds is 5. The molecule has 0 bridgehead atoms. The molecule has 10 nitrogen and oxygen atoms in total. The highest BCUT2D eigenvalue weighted by Gasteiger charge is 2.31. The van der Waals surface area contributed by atoms with E-state index in [0.29, 0.717) is 5.69 Å². The lowest BCUT2D eigenvalue weighted by molar-refractivity contribution is -0.384. The number of carbonyl (C=O) groups is 1. The van der Waals surface area contributed by atoms with Crippen molar-refractivity contribution in [3.8, 4) is 5.69 Å². The van der Waals surface area contributed by atoms with Crippen LogP contribution in [-0.4, -0.2) is 64.4 Å². The highest BCUT2D eigenvalue weighted by atomic mass is 32.2. The maximum Gasteiger partial charge on any atom is 0.274 e. The van der Waals surface area contributed by atoms with Crippen molar-refractivity contribution in [1.82, 2.24) is 19.0 Å². The van der Waals surface area contributed by atoms with Crippen LogP contribution in [0.25, 0.3) is 5.69 Å². The van der Waals surface area contributed by atoms with Gasteiger partial charge in [-0.15, -0.1) is 0 Å². The minimum Gasteiger partial charge on any atom is -0.335 e. The van der Waals surface area contributed by atoms with E-state index in [-0.39, 0.29) is 48.4 Å². The number of nitro groups is 1. The zero-order chi connectivity index (χ0) is 22.9. The second-order valence-corrected chi connectivity index (χ2v) is 9.37. The van der Waals surface area contributed by atoms with Gasteiger partial charge in [0, 0.05) is 44.5 Å². The summed E-state index contributed by atoms with van der Waals surface area (Å²) in [7, 11) is -3.61. The fraction of sp³-hybridized carbons (Fsp3) is 0.238. The van der Waals surface area contributed by atoms with Crippen molar-refractivity contribution in [2.75, 3.05) is 26.2 Å². The third-order valence-electron chi connectivity index (χ3n) is 5.32. The first-order valence-electron chi connectivity index (χ1n) is 9.92. The molecule has 0 saturated carbocycles. The van der Waals surface area contributed by atoms with E-state index in [1.54, 1.807) is 53.6 Å². The number of amides is 1. The van der Waals surface area contributed by atoms with Gasteiger partial charge in [0.25, 0.3) is 11.6 Å². The summed E-state index contributed by atoms with van der Waals surface area (Å²) < 4.78 is 28.5. The first kappa shape index (κ1) is 21.7. The Kier molecular flexibility index (Phi) is 5.76. The van der Waals surface area contributed by atoms with E-state index >= 15 is 0 Å². The van der Waals surface area contributed by atoms with Crippen LogP contribution in [0.3, 0.4) is 0 Å². The molecule has 0 aliphatic carbocycles. The largest absolute Gasteiger partial charge is 0.335 e. The van der Waals surface area contributed by atoms with E-state index in [0.717, 1.165) is 5.56 Å². The summed E-state index contributed by atoms with van der Waals surface area (Å²) >= 11 is 0. The first-order valence-corrected chi connectivity index (χ1v) is 11.4. The van der Waals surface area contributed by atoms with Crippen LogP contribution in [0.5, 0.6) is 0 Å². The molecule has 2 aromatic carbocycles. The van der Waals surface area contributed by atoms with E-state index in [1.165, 1.54) is 21.1 Å². The Morgan fingerprint density at radius 2 is 1.59 bits per heavy atom. The fourth-order valence-corrected chi connectivity index (χ4v) is 4.88. The van der Waals surface area contributed by atoms with Gasteiger partial charge in [-0.1, -0.05) is 17.7 Å². The van der Waals surface area contributed by atoms with Crippen LogP contribution in [0, 0.1) is 17.0 Å². The Labute approximate surface area is 184 Å². The molecule has 1 saturated heterocycles. The lowest BCUT2D eigenvalue weighted by atomic mass is 10.2. The average Bonchev–Trinajstić information content (AvgIpc) is 3.29. The van der Waals surface area contributed by atoms with E-state index in [9.17, 15) is 23.3 Å². The quantitative estimate of drug-likeness (QED) is 0.430. The Balaban J connectivity index is 1.41. The molecule has 1 aliphatic rings. The Morgan fingerprint density at radius 3 is 2.19 bits per heavy atom. The molecule has 32 heavy (non-hydrogen) atoms. The lowest BCUT2D eigenvalue weighted by Crippen LogP contribution is -2.50. The standard InChI is InChI=1S/C21H21N5O5S/c1-16-2-8-19(9-3-16)32(30,31)24-14-12-23(13-15-24)21(27)20-10-11-25(22-20)17-4-6-18(7-5-17)26(28)29/h2-11H,12-15H2,1H3. The maximum absolute atomic E-state index is 12.8. The van der Waals surface area contributed by atoms with Crippen molar-refractivity contribution in [2.24, 2.45) is 0 Å². The van der Waals surface area contributed by atoms with Crippen LogP contribution in [-0.2, 0) is 10.0 Å². The molecule has 2 heterocycles. The van der Waals surface area contributed by atoms with Gasteiger partial charge < -0.3 is 4.90 Å². The molecule has 1 aromatic heterocycles. The number of sulfonamides is 1. The van der Waals surface area contributed by atoms with Crippen LogP contribution >= 0.6 is 0 Å². The normalized spacial score (nSPS) is 15.0. The molecular formula is C21H21N5O5S. The van der Waals surface area contributed by atoms with Crippen molar-refractivity contribution in [2.45, 2.75) is 11.8 Å². The third-order valence-corrected chi connectivity index (χ3v) is 7.23. The molecule has 0 atom stereocenters. The van der Waals surface area contributed by atoms with Crippen molar-refractivity contribution in [3.05, 3.63) is 82.2 Å². The number of aromatic nitrogens is 2. The van der Waals surface area contributed by atoms with E-state index in [1.807, 2.05) is 6.92 Å². The van der Waals surface area contributed by atoms with E-state index < -0.39 is 14.9 Å². The number of hydrogen-bond donors (Lipinski definition) is 0. The van der Waals surface area contributed by atoms with Gasteiger partial charge >= 0.3 is 0 Å². The smallest absolute Gasteiger partial charge is 0.274 e.